The van der Waals surface area contributed by atoms with Crippen LogP contribution in [0.25, 0.3) is 11.1 Å². The number of hydrogen-bond acceptors (Lipinski definition) is 5. The lowest BCUT2D eigenvalue weighted by molar-refractivity contribution is -0.165. The normalized spacial score (nSPS) is 17.1. The van der Waals surface area contributed by atoms with Gasteiger partial charge in [-0.2, -0.15) is 0 Å². The molecule has 2 aliphatic rings. The van der Waals surface area contributed by atoms with Gasteiger partial charge in [0.2, 0.25) is 5.91 Å². The molecule has 4 rings (SSSR count). The molecule has 0 radical (unpaired) electrons. The highest BCUT2D eigenvalue weighted by Crippen LogP contribution is 2.44. The Labute approximate surface area is 204 Å². The number of rotatable bonds is 8. The van der Waals surface area contributed by atoms with Gasteiger partial charge in [-0.3, -0.25) is 4.79 Å². The molecular weight excluding hydrogens is 448 g/mol. The first-order valence-corrected chi connectivity index (χ1v) is 11.8. The van der Waals surface area contributed by atoms with Crippen LogP contribution in [0.2, 0.25) is 0 Å². The number of carboxylic acid groups (broad SMARTS) is 1. The molecule has 1 aliphatic heterocycles. The fraction of sp³-hybridized carbons (Fsp3) is 0.370. The summed E-state index contributed by atoms with van der Waals surface area (Å²) < 4.78 is 5.59. The number of nitrogens with zero attached hydrogens (tertiary/aromatic N) is 1. The van der Waals surface area contributed by atoms with Crippen molar-refractivity contribution in [1.82, 2.24) is 10.2 Å². The molecule has 1 aliphatic carbocycles. The number of hydrogen-bond donors (Lipinski definition) is 3. The molecule has 35 heavy (non-hydrogen) atoms. The highest BCUT2D eigenvalue weighted by Gasteiger charge is 2.41. The van der Waals surface area contributed by atoms with E-state index in [9.17, 15) is 24.6 Å². The molecule has 0 bridgehead atoms. The molecule has 2 amide bonds. The van der Waals surface area contributed by atoms with Crippen molar-refractivity contribution in [3.63, 3.8) is 0 Å². The highest BCUT2D eigenvalue weighted by molar-refractivity contribution is 5.86. The van der Waals surface area contributed by atoms with Gasteiger partial charge in [0.05, 0.1) is 0 Å². The van der Waals surface area contributed by atoms with Crippen LogP contribution in [-0.4, -0.2) is 64.4 Å². The second-order valence-corrected chi connectivity index (χ2v) is 9.05. The quantitative estimate of drug-likeness (QED) is 0.502. The molecule has 1 unspecified atom stereocenters. The number of fused-ring (bicyclic) bond motifs is 3. The standard InChI is InChI=1S/C27H30N2O6/c1-2-3-12-23(24(30)29-15-13-27(34,14-16-29)25(31)32)28-26(33)35-17-22-20-10-6-4-8-18(20)19-9-5-7-11-21(19)22/h2,4-11,22-23,34H,1,3,12-17H2,(H,28,33)(H,31,32). The minimum Gasteiger partial charge on any atom is -0.479 e. The van der Waals surface area contributed by atoms with Crippen molar-refractivity contribution in [2.75, 3.05) is 19.7 Å². The number of piperidine rings is 1. The van der Waals surface area contributed by atoms with Gasteiger partial charge in [0.1, 0.15) is 12.6 Å². The minimum absolute atomic E-state index is 0.0623. The monoisotopic (exact) mass is 478 g/mol. The molecule has 2 aromatic carbocycles. The third-order valence-corrected chi connectivity index (χ3v) is 6.89. The van der Waals surface area contributed by atoms with E-state index in [1.807, 2.05) is 36.4 Å². The van der Waals surface area contributed by atoms with Crippen molar-refractivity contribution in [3.8, 4) is 11.1 Å². The largest absolute Gasteiger partial charge is 0.479 e. The summed E-state index contributed by atoms with van der Waals surface area (Å²) in [4.78, 5) is 38.6. The van der Waals surface area contributed by atoms with Crippen molar-refractivity contribution in [1.29, 1.82) is 0 Å². The SMILES string of the molecule is C=CCCC(NC(=O)OCC1c2ccccc2-c2ccccc21)C(=O)N1CCC(O)(C(=O)O)CC1. The first-order valence-electron chi connectivity index (χ1n) is 11.8. The number of alkyl carbamates (subject to hydrolysis) is 1. The smallest absolute Gasteiger partial charge is 0.407 e. The number of carbonyl (C=O) groups excluding carboxylic acids is 2. The maximum absolute atomic E-state index is 13.1. The third kappa shape index (κ3) is 5.07. The van der Waals surface area contributed by atoms with Crippen molar-refractivity contribution in [3.05, 3.63) is 72.3 Å². The van der Waals surface area contributed by atoms with Gasteiger partial charge in [0, 0.05) is 31.8 Å². The number of carbonyl (C=O) groups is 3. The molecule has 8 heteroatoms. The topological polar surface area (TPSA) is 116 Å². The van der Waals surface area contributed by atoms with Gasteiger partial charge in [-0.25, -0.2) is 9.59 Å². The van der Waals surface area contributed by atoms with Crippen LogP contribution in [0.1, 0.15) is 42.7 Å². The van der Waals surface area contributed by atoms with Crippen LogP contribution in [0.3, 0.4) is 0 Å². The summed E-state index contributed by atoms with van der Waals surface area (Å²) in [5.41, 5.74) is 2.62. The van der Waals surface area contributed by atoms with Crippen molar-refractivity contribution in [2.45, 2.75) is 43.2 Å². The first kappa shape index (κ1) is 24.5. The molecule has 1 saturated heterocycles. The van der Waals surface area contributed by atoms with Gasteiger partial charge in [-0.1, -0.05) is 54.6 Å². The number of amides is 2. The van der Waals surface area contributed by atoms with Gasteiger partial charge >= 0.3 is 12.1 Å². The molecule has 184 valence electrons. The average Bonchev–Trinajstić information content (AvgIpc) is 3.19. The lowest BCUT2D eigenvalue weighted by Crippen LogP contribution is -2.55. The molecule has 1 fully saturated rings. The zero-order chi connectivity index (χ0) is 25.0. The molecule has 3 N–H and O–H groups in total. The van der Waals surface area contributed by atoms with Gasteiger partial charge in [-0.15, -0.1) is 6.58 Å². The lowest BCUT2D eigenvalue weighted by atomic mass is 9.91. The highest BCUT2D eigenvalue weighted by atomic mass is 16.5. The van der Waals surface area contributed by atoms with Crippen LogP contribution < -0.4 is 5.32 Å². The number of nitrogens with one attached hydrogen (secondary N) is 1. The Hall–Kier alpha value is -3.65. The summed E-state index contributed by atoms with van der Waals surface area (Å²) in [6, 6.07) is 15.2. The van der Waals surface area contributed by atoms with E-state index < -0.39 is 23.7 Å². The third-order valence-electron chi connectivity index (χ3n) is 6.89. The van der Waals surface area contributed by atoms with Gasteiger partial charge in [0.15, 0.2) is 5.60 Å². The Morgan fingerprint density at radius 1 is 1.09 bits per heavy atom. The lowest BCUT2D eigenvalue weighted by Gasteiger charge is -2.37. The van der Waals surface area contributed by atoms with Crippen LogP contribution >= 0.6 is 0 Å². The van der Waals surface area contributed by atoms with Crippen LogP contribution in [0, 0.1) is 0 Å². The average molecular weight is 479 g/mol. The van der Waals surface area contributed by atoms with Gasteiger partial charge < -0.3 is 25.2 Å². The van der Waals surface area contributed by atoms with E-state index in [-0.39, 0.29) is 44.4 Å². The van der Waals surface area contributed by atoms with Crippen LogP contribution in [0.5, 0.6) is 0 Å². The maximum atomic E-state index is 13.1. The summed E-state index contributed by atoms with van der Waals surface area (Å²) in [5, 5.41) is 22.0. The molecule has 0 saturated carbocycles. The zero-order valence-corrected chi connectivity index (χ0v) is 19.5. The Morgan fingerprint density at radius 2 is 1.66 bits per heavy atom. The molecule has 0 aromatic heterocycles. The maximum Gasteiger partial charge on any atom is 0.407 e. The summed E-state index contributed by atoms with van der Waals surface area (Å²) in [5.74, 6) is -1.70. The Bertz CT molecular complexity index is 1080. The predicted octanol–water partition coefficient (Wildman–Crippen LogP) is 3.30. The predicted molar refractivity (Wildman–Crippen MR) is 130 cm³/mol. The second kappa shape index (κ2) is 10.3. The number of likely N-dealkylation sites (tertiary alicyclic amines) is 1. The van der Waals surface area contributed by atoms with Crippen molar-refractivity contribution in [2.24, 2.45) is 0 Å². The molecule has 0 spiro atoms. The van der Waals surface area contributed by atoms with E-state index in [1.165, 1.54) is 4.90 Å². The van der Waals surface area contributed by atoms with E-state index in [0.717, 1.165) is 22.3 Å². The second-order valence-electron chi connectivity index (χ2n) is 9.05. The van der Waals surface area contributed by atoms with E-state index in [4.69, 9.17) is 4.74 Å². The summed E-state index contributed by atoms with van der Waals surface area (Å²) in [7, 11) is 0. The number of aliphatic carboxylic acids is 1. The fourth-order valence-corrected chi connectivity index (χ4v) is 4.86. The van der Waals surface area contributed by atoms with Crippen LogP contribution in [-0.2, 0) is 14.3 Å². The number of aliphatic hydroxyl groups is 1. The summed E-state index contributed by atoms with van der Waals surface area (Å²) in [6.45, 7) is 4.01. The molecule has 1 heterocycles. The molecule has 2 aromatic rings. The molecular formula is C27H30N2O6. The minimum atomic E-state index is -1.83. The molecule has 8 nitrogen and oxygen atoms in total. The van der Waals surface area contributed by atoms with Gasteiger partial charge in [-0.05, 0) is 35.1 Å². The van der Waals surface area contributed by atoms with E-state index in [1.54, 1.807) is 6.08 Å². The first-order chi connectivity index (χ1) is 16.8. The van der Waals surface area contributed by atoms with E-state index >= 15 is 0 Å². The Kier molecular flexibility index (Phi) is 7.21. The number of benzene rings is 2. The Balaban J connectivity index is 1.39. The summed E-state index contributed by atoms with van der Waals surface area (Å²) in [6.07, 6.45) is 1.70. The van der Waals surface area contributed by atoms with Crippen LogP contribution in [0.15, 0.2) is 61.2 Å². The number of ether oxygens (including phenoxy) is 1. The number of carboxylic acids is 1. The van der Waals surface area contributed by atoms with Crippen LogP contribution in [0.4, 0.5) is 4.79 Å². The Morgan fingerprint density at radius 3 is 2.20 bits per heavy atom. The van der Waals surface area contributed by atoms with E-state index in [0.29, 0.717) is 12.8 Å². The van der Waals surface area contributed by atoms with Crippen molar-refractivity contribution >= 4 is 18.0 Å². The number of allylic oxidation sites excluding steroid dienone is 1. The molecule has 1 atom stereocenters. The van der Waals surface area contributed by atoms with Crippen molar-refractivity contribution < 1.29 is 29.3 Å². The van der Waals surface area contributed by atoms with E-state index in [2.05, 4.69) is 24.0 Å². The fourth-order valence-electron chi connectivity index (χ4n) is 4.86. The van der Waals surface area contributed by atoms with Gasteiger partial charge in [0.25, 0.3) is 0 Å². The summed E-state index contributed by atoms with van der Waals surface area (Å²) >= 11 is 0. The zero-order valence-electron chi connectivity index (χ0n) is 19.5.